The van der Waals surface area contributed by atoms with Crippen molar-refractivity contribution >= 4 is 40.4 Å². The summed E-state index contributed by atoms with van der Waals surface area (Å²) in [7, 11) is 0. The van der Waals surface area contributed by atoms with E-state index < -0.39 is 28.7 Å². The Morgan fingerprint density at radius 1 is 1.23 bits per heavy atom. The number of hydrogen-bond donors (Lipinski definition) is 2. The van der Waals surface area contributed by atoms with Crippen molar-refractivity contribution in [2.75, 3.05) is 18.4 Å². The molecule has 1 unspecified atom stereocenters. The van der Waals surface area contributed by atoms with Gasteiger partial charge in [-0.1, -0.05) is 17.7 Å². The number of anilines is 1. The Bertz CT molecular complexity index is 897. The van der Waals surface area contributed by atoms with Gasteiger partial charge in [0.25, 0.3) is 5.91 Å². The van der Waals surface area contributed by atoms with E-state index >= 15 is 0 Å². The number of hydrogen-bond acceptors (Lipinski definition) is 4. The first-order valence-electron chi connectivity index (χ1n) is 9.41. The van der Waals surface area contributed by atoms with E-state index in [4.69, 9.17) is 11.6 Å². The third-order valence-electron chi connectivity index (χ3n) is 5.08. The lowest BCUT2D eigenvalue weighted by molar-refractivity contribution is -0.137. The second-order valence-corrected chi connectivity index (χ2v) is 8.47. The van der Waals surface area contributed by atoms with Crippen LogP contribution in [-0.4, -0.2) is 41.9 Å². The SMILES string of the molecule is CC(C(=O)Nc1ccc(Cl)c(C(F)(F)F)c1)N1CCC(NC(=O)c2cccs2)CC1. The van der Waals surface area contributed by atoms with Gasteiger partial charge in [0.1, 0.15) is 0 Å². The van der Waals surface area contributed by atoms with Gasteiger partial charge >= 0.3 is 6.18 Å². The van der Waals surface area contributed by atoms with Gasteiger partial charge in [-0.3, -0.25) is 14.5 Å². The van der Waals surface area contributed by atoms with Crippen LogP contribution in [0.2, 0.25) is 5.02 Å². The van der Waals surface area contributed by atoms with E-state index in [1.807, 2.05) is 16.3 Å². The Morgan fingerprint density at radius 2 is 1.93 bits per heavy atom. The van der Waals surface area contributed by atoms with Crippen molar-refractivity contribution in [3.63, 3.8) is 0 Å². The Hall–Kier alpha value is -2.10. The van der Waals surface area contributed by atoms with Crippen LogP contribution < -0.4 is 10.6 Å². The molecule has 1 aliphatic heterocycles. The number of nitrogens with one attached hydrogen (secondary N) is 2. The molecule has 30 heavy (non-hydrogen) atoms. The number of alkyl halides is 3. The third kappa shape index (κ3) is 5.53. The highest BCUT2D eigenvalue weighted by Gasteiger charge is 2.34. The maximum Gasteiger partial charge on any atom is 0.417 e. The van der Waals surface area contributed by atoms with Crippen LogP contribution in [0.25, 0.3) is 0 Å². The summed E-state index contributed by atoms with van der Waals surface area (Å²) in [4.78, 5) is 27.3. The lowest BCUT2D eigenvalue weighted by Gasteiger charge is -2.35. The molecule has 162 valence electrons. The highest BCUT2D eigenvalue weighted by molar-refractivity contribution is 7.12. The molecule has 2 amide bonds. The smallest absolute Gasteiger partial charge is 0.349 e. The minimum atomic E-state index is -4.60. The summed E-state index contributed by atoms with van der Waals surface area (Å²) in [5.74, 6) is -0.496. The molecule has 0 bridgehead atoms. The molecule has 0 aliphatic carbocycles. The number of piperidine rings is 1. The molecule has 2 heterocycles. The van der Waals surface area contributed by atoms with Gasteiger partial charge < -0.3 is 10.6 Å². The van der Waals surface area contributed by atoms with Crippen LogP contribution in [0.5, 0.6) is 0 Å². The van der Waals surface area contributed by atoms with Gasteiger partial charge in [-0.2, -0.15) is 13.2 Å². The summed E-state index contributed by atoms with van der Waals surface area (Å²) >= 11 is 6.99. The number of likely N-dealkylation sites (tertiary alicyclic amines) is 1. The Morgan fingerprint density at radius 3 is 2.53 bits per heavy atom. The molecule has 3 rings (SSSR count). The lowest BCUT2D eigenvalue weighted by Crippen LogP contribution is -2.50. The Kier molecular flexibility index (Phi) is 7.05. The van der Waals surface area contributed by atoms with E-state index in [0.29, 0.717) is 30.8 Å². The number of carbonyl (C=O) groups excluding carboxylic acids is 2. The summed E-state index contributed by atoms with van der Waals surface area (Å²) in [6.07, 6.45) is -3.22. The molecule has 0 saturated carbocycles. The van der Waals surface area contributed by atoms with Crippen molar-refractivity contribution in [1.82, 2.24) is 10.2 Å². The number of thiophene rings is 1. The topological polar surface area (TPSA) is 61.4 Å². The number of amides is 2. The second kappa shape index (κ2) is 9.36. The van der Waals surface area contributed by atoms with Crippen LogP contribution in [-0.2, 0) is 11.0 Å². The number of nitrogens with zero attached hydrogens (tertiary/aromatic N) is 1. The summed E-state index contributed by atoms with van der Waals surface area (Å²) in [5, 5.41) is 6.96. The van der Waals surface area contributed by atoms with E-state index in [1.165, 1.54) is 17.4 Å². The zero-order chi connectivity index (χ0) is 21.9. The molecule has 1 atom stereocenters. The molecule has 0 radical (unpaired) electrons. The highest BCUT2D eigenvalue weighted by Crippen LogP contribution is 2.36. The van der Waals surface area contributed by atoms with Gasteiger partial charge in [-0.05, 0) is 49.4 Å². The van der Waals surface area contributed by atoms with Crippen LogP contribution in [0.3, 0.4) is 0 Å². The fourth-order valence-electron chi connectivity index (χ4n) is 3.33. The third-order valence-corrected chi connectivity index (χ3v) is 6.27. The minimum Gasteiger partial charge on any atom is -0.349 e. The molecule has 1 aliphatic rings. The molecule has 0 spiro atoms. The van der Waals surface area contributed by atoms with E-state index in [1.54, 1.807) is 13.0 Å². The largest absolute Gasteiger partial charge is 0.417 e. The first kappa shape index (κ1) is 22.6. The van der Waals surface area contributed by atoms with E-state index in [0.717, 1.165) is 12.1 Å². The maximum absolute atomic E-state index is 13.0. The zero-order valence-corrected chi connectivity index (χ0v) is 17.7. The summed E-state index contributed by atoms with van der Waals surface area (Å²) in [5.41, 5.74) is -0.946. The molecule has 5 nitrogen and oxygen atoms in total. The highest BCUT2D eigenvalue weighted by atomic mass is 35.5. The van der Waals surface area contributed by atoms with E-state index in [9.17, 15) is 22.8 Å². The van der Waals surface area contributed by atoms with Gasteiger partial charge in [-0.15, -0.1) is 11.3 Å². The van der Waals surface area contributed by atoms with Crippen molar-refractivity contribution in [3.05, 3.63) is 51.2 Å². The molecule has 1 aromatic carbocycles. The molecule has 10 heteroatoms. The van der Waals surface area contributed by atoms with Crippen molar-refractivity contribution in [1.29, 1.82) is 0 Å². The number of halogens is 4. The monoisotopic (exact) mass is 459 g/mol. The van der Waals surface area contributed by atoms with E-state index in [2.05, 4.69) is 10.6 Å². The van der Waals surface area contributed by atoms with Crippen LogP contribution in [0, 0.1) is 0 Å². The molecule has 1 aromatic heterocycles. The van der Waals surface area contributed by atoms with Crippen LogP contribution in [0.4, 0.5) is 18.9 Å². The Labute approximate surface area is 181 Å². The van der Waals surface area contributed by atoms with Crippen LogP contribution in [0.15, 0.2) is 35.7 Å². The molecule has 1 fully saturated rings. The average Bonchev–Trinajstić information content (AvgIpc) is 3.23. The van der Waals surface area contributed by atoms with Gasteiger partial charge in [0.15, 0.2) is 0 Å². The van der Waals surface area contributed by atoms with Crippen LogP contribution in [0.1, 0.15) is 35.0 Å². The summed E-state index contributed by atoms with van der Waals surface area (Å²) in [6, 6.07) is 6.38. The second-order valence-electron chi connectivity index (χ2n) is 7.12. The quantitative estimate of drug-likeness (QED) is 0.684. The van der Waals surface area contributed by atoms with Crippen LogP contribution >= 0.6 is 22.9 Å². The molecule has 2 aromatic rings. The molecule has 2 N–H and O–H groups in total. The number of rotatable bonds is 5. The van der Waals surface area contributed by atoms with E-state index in [-0.39, 0.29) is 17.6 Å². The summed E-state index contributed by atoms with van der Waals surface area (Å²) in [6.45, 7) is 2.90. The lowest BCUT2D eigenvalue weighted by atomic mass is 10.0. The fraction of sp³-hybridized carbons (Fsp3) is 0.400. The first-order valence-corrected chi connectivity index (χ1v) is 10.7. The minimum absolute atomic E-state index is 0.0247. The van der Waals surface area contributed by atoms with Gasteiger partial charge in [-0.25, -0.2) is 0 Å². The number of carbonyl (C=O) groups is 2. The molecular formula is C20H21ClF3N3O2S. The van der Waals surface area contributed by atoms with Gasteiger partial charge in [0, 0.05) is 24.8 Å². The summed E-state index contributed by atoms with van der Waals surface area (Å²) < 4.78 is 39.0. The maximum atomic E-state index is 13.0. The Balaban J connectivity index is 1.53. The zero-order valence-electron chi connectivity index (χ0n) is 16.1. The standard InChI is InChI=1S/C20H21ClF3N3O2S/c1-12(18(28)26-14-4-5-16(21)15(11-14)20(22,23)24)27-8-6-13(7-9-27)25-19(29)17-3-2-10-30-17/h2-5,10-13H,6-9H2,1H3,(H,25,29)(H,26,28). The van der Waals surface area contributed by atoms with Crippen molar-refractivity contribution in [2.24, 2.45) is 0 Å². The molecule has 1 saturated heterocycles. The van der Waals surface area contributed by atoms with Crippen molar-refractivity contribution < 1.29 is 22.8 Å². The van der Waals surface area contributed by atoms with Crippen molar-refractivity contribution in [3.8, 4) is 0 Å². The normalized spacial score (nSPS) is 16.8. The molecular weight excluding hydrogens is 439 g/mol. The average molecular weight is 460 g/mol. The van der Waals surface area contributed by atoms with Gasteiger partial charge in [0.2, 0.25) is 5.91 Å². The first-order chi connectivity index (χ1) is 14.1. The number of benzene rings is 1. The van der Waals surface area contributed by atoms with Crippen molar-refractivity contribution in [2.45, 2.75) is 38.0 Å². The fourth-order valence-corrected chi connectivity index (χ4v) is 4.18. The predicted octanol–water partition coefficient (Wildman–Crippen LogP) is 4.64. The predicted molar refractivity (Wildman–Crippen MR) is 111 cm³/mol. The van der Waals surface area contributed by atoms with Gasteiger partial charge in [0.05, 0.1) is 21.5 Å².